The number of rotatable bonds is 9. The first-order valence-electron chi connectivity index (χ1n) is 12.8. The smallest absolute Gasteiger partial charge is 0.268 e. The molecule has 0 aliphatic rings. The zero-order valence-electron chi connectivity index (χ0n) is 22.4. The summed E-state index contributed by atoms with van der Waals surface area (Å²) in [6, 6.07) is 31.2. The van der Waals surface area contributed by atoms with Crippen LogP contribution < -0.4 is 0 Å². The predicted octanol–water partition coefficient (Wildman–Crippen LogP) is 7.37. The summed E-state index contributed by atoms with van der Waals surface area (Å²) in [5.74, 6) is 0. The first-order valence-corrected chi connectivity index (χ1v) is 16.4. The van der Waals surface area contributed by atoms with Gasteiger partial charge in [-0.25, -0.2) is 0 Å². The maximum absolute atomic E-state index is 5.05. The number of hydrogen-bond donors (Lipinski definition) is 0. The van der Waals surface area contributed by atoms with Crippen molar-refractivity contribution in [2.75, 3.05) is 18.8 Å². The van der Waals surface area contributed by atoms with Gasteiger partial charge in [0, 0.05) is 50.0 Å². The minimum absolute atomic E-state index is 0.430. The summed E-state index contributed by atoms with van der Waals surface area (Å²) in [7, 11) is -0.430. The Labute approximate surface area is 247 Å². The molecule has 0 N–H and O–H groups in total. The van der Waals surface area contributed by atoms with Gasteiger partial charge in [0.1, 0.15) is 0 Å². The molecule has 3 aromatic heterocycles. The molecule has 0 aliphatic carbocycles. The summed E-state index contributed by atoms with van der Waals surface area (Å²) >= 11 is 5.16. The fraction of sp³-hybridized carbons (Fsp3) is 0.100. The van der Waals surface area contributed by atoms with Crippen molar-refractivity contribution in [3.05, 3.63) is 110 Å². The van der Waals surface area contributed by atoms with Gasteiger partial charge in [-0.3, -0.25) is 13.8 Å². The number of nitrogens with zero attached hydrogens (tertiary/aromatic N) is 6. The van der Waals surface area contributed by atoms with Gasteiger partial charge in [0.15, 0.2) is 0 Å². The molecule has 3 heterocycles. The molecule has 0 saturated carbocycles. The Balaban J connectivity index is 1.46. The van der Waals surface area contributed by atoms with Crippen LogP contribution in [0, 0.1) is 0 Å². The highest BCUT2D eigenvalue weighted by Gasteiger charge is 2.29. The predicted molar refractivity (Wildman–Crippen MR) is 170 cm³/mol. The summed E-state index contributed by atoms with van der Waals surface area (Å²) in [5.41, 5.74) is 6.06. The molecule has 6 rings (SSSR count). The summed E-state index contributed by atoms with van der Waals surface area (Å²) in [6.45, 7) is 0. The zero-order valence-corrected chi connectivity index (χ0v) is 24.8. The highest BCUT2D eigenvalue weighted by atomic mass is 32.2. The van der Waals surface area contributed by atoms with Gasteiger partial charge in [-0.2, -0.15) is 15.3 Å². The molecule has 0 saturated heterocycles. The van der Waals surface area contributed by atoms with Gasteiger partial charge in [0.25, 0.3) is 0 Å². The van der Waals surface area contributed by atoms with Gasteiger partial charge >= 0.3 is 7.12 Å². The molecule has 6 nitrogen and oxygen atoms in total. The highest BCUT2D eigenvalue weighted by Crippen LogP contribution is 2.31. The summed E-state index contributed by atoms with van der Waals surface area (Å²) in [5, 5.41) is 15.1. The van der Waals surface area contributed by atoms with Gasteiger partial charge in [-0.15, -0.1) is 35.3 Å². The molecular weight excluding hydrogens is 551 g/mol. The fourth-order valence-corrected chi connectivity index (χ4v) is 6.58. The third-order valence-electron chi connectivity index (χ3n) is 6.68. The van der Waals surface area contributed by atoms with Crippen molar-refractivity contribution in [2.24, 2.45) is 0 Å². The van der Waals surface area contributed by atoms with Crippen LogP contribution in [0.2, 0.25) is 0 Å². The van der Waals surface area contributed by atoms with Gasteiger partial charge in [0.05, 0.1) is 17.1 Å². The molecule has 6 aromatic rings. The zero-order chi connectivity index (χ0) is 27.5. The third kappa shape index (κ3) is 5.14. The van der Waals surface area contributed by atoms with E-state index in [9.17, 15) is 0 Å². The maximum atomic E-state index is 5.05. The quantitative estimate of drug-likeness (QED) is 0.132. The summed E-state index contributed by atoms with van der Waals surface area (Å²) < 4.78 is 5.79. The van der Waals surface area contributed by atoms with Crippen molar-refractivity contribution in [3.8, 4) is 33.8 Å². The Morgan fingerprint density at radius 1 is 0.450 bits per heavy atom. The number of hydrogen-bond acceptors (Lipinski definition) is 6. The van der Waals surface area contributed by atoms with Crippen molar-refractivity contribution < 1.29 is 0 Å². The molecule has 0 bridgehead atoms. The minimum Gasteiger partial charge on any atom is -0.268 e. The van der Waals surface area contributed by atoms with E-state index in [1.165, 1.54) is 14.7 Å². The van der Waals surface area contributed by atoms with Gasteiger partial charge in [-0.1, -0.05) is 54.6 Å². The van der Waals surface area contributed by atoms with Crippen molar-refractivity contribution >= 4 is 42.4 Å². The van der Waals surface area contributed by atoms with Crippen molar-refractivity contribution in [1.29, 1.82) is 0 Å². The van der Waals surface area contributed by atoms with Crippen molar-refractivity contribution in [2.45, 2.75) is 14.7 Å². The maximum Gasteiger partial charge on any atom is 0.568 e. The van der Waals surface area contributed by atoms with Crippen LogP contribution in [0.3, 0.4) is 0 Å². The van der Waals surface area contributed by atoms with Gasteiger partial charge in [0.2, 0.25) is 0 Å². The first kappa shape index (κ1) is 26.6. The second-order valence-corrected chi connectivity index (χ2v) is 11.5. The standard InChI is InChI=1S/C30H27BN6S3/c1-38-28-13-7-4-10-22(28)25-16-19-35(32-25)31(36-20-17-26(33-36)23-11-5-8-14-29(23)39-2)37-21-18-27(34-37)24-12-6-9-15-30(24)40-3/h4-21H,1-3H3. The van der Waals surface area contributed by atoms with E-state index in [0.29, 0.717) is 0 Å². The lowest BCUT2D eigenvalue weighted by molar-refractivity contribution is 0.774. The Morgan fingerprint density at radius 3 is 1.05 bits per heavy atom. The Hall–Kier alpha value is -3.60. The van der Waals surface area contributed by atoms with Crippen LogP contribution in [0.4, 0.5) is 0 Å². The molecular formula is C30H27BN6S3. The Kier molecular flexibility index (Phi) is 7.90. The monoisotopic (exact) mass is 578 g/mol. The molecule has 0 spiro atoms. The molecule has 0 atom stereocenters. The Morgan fingerprint density at radius 2 is 0.750 bits per heavy atom. The lowest BCUT2D eigenvalue weighted by Gasteiger charge is -2.14. The van der Waals surface area contributed by atoms with Crippen LogP contribution in [0.1, 0.15) is 0 Å². The van der Waals surface area contributed by atoms with Crippen LogP contribution in [-0.2, 0) is 0 Å². The average Bonchev–Trinajstić information content (AvgIpc) is 3.80. The molecule has 10 heteroatoms. The van der Waals surface area contributed by atoms with Crippen LogP contribution >= 0.6 is 35.3 Å². The molecule has 0 unspecified atom stereocenters. The fourth-order valence-electron chi connectivity index (χ4n) is 4.76. The minimum atomic E-state index is -0.430. The highest BCUT2D eigenvalue weighted by molar-refractivity contribution is 7.99. The van der Waals surface area contributed by atoms with Crippen molar-refractivity contribution in [3.63, 3.8) is 0 Å². The van der Waals surface area contributed by atoms with Crippen LogP contribution in [-0.4, -0.2) is 55.0 Å². The largest absolute Gasteiger partial charge is 0.568 e. The lowest BCUT2D eigenvalue weighted by atomic mass is 9.96. The lowest BCUT2D eigenvalue weighted by Crippen LogP contribution is -2.42. The average molecular weight is 579 g/mol. The SMILES string of the molecule is CSc1ccccc1-c1ccn(B(n2ccc(-c3ccccc3SC)n2)n2ccc(-c3ccccc3SC)n2)n1. The van der Waals surface area contributed by atoms with E-state index in [0.717, 1.165) is 33.8 Å². The number of benzene rings is 3. The second kappa shape index (κ2) is 11.9. The molecule has 0 aliphatic heterocycles. The van der Waals surface area contributed by atoms with Gasteiger partial charge in [-0.05, 0) is 55.2 Å². The van der Waals surface area contributed by atoms with E-state index < -0.39 is 7.12 Å². The van der Waals surface area contributed by atoms with Crippen LogP contribution in [0.25, 0.3) is 33.8 Å². The topological polar surface area (TPSA) is 53.5 Å². The molecule has 0 fully saturated rings. The first-order chi connectivity index (χ1) is 19.7. The molecule has 0 amide bonds. The molecule has 40 heavy (non-hydrogen) atoms. The molecule has 0 radical (unpaired) electrons. The Bertz CT molecular complexity index is 1550. The van der Waals surface area contributed by atoms with Crippen LogP contribution in [0.15, 0.2) is 124 Å². The van der Waals surface area contributed by atoms with E-state index in [2.05, 4.69) is 110 Å². The van der Waals surface area contributed by atoms with E-state index >= 15 is 0 Å². The second-order valence-electron chi connectivity index (χ2n) is 8.99. The summed E-state index contributed by atoms with van der Waals surface area (Å²) in [6.07, 6.45) is 12.3. The number of aromatic nitrogens is 6. The van der Waals surface area contributed by atoms with Gasteiger partial charge < -0.3 is 0 Å². The van der Waals surface area contributed by atoms with E-state index in [4.69, 9.17) is 15.3 Å². The molecule has 3 aromatic carbocycles. The van der Waals surface area contributed by atoms with E-state index in [1.54, 1.807) is 35.3 Å². The number of thioether (sulfide) groups is 3. The van der Waals surface area contributed by atoms with Crippen molar-refractivity contribution in [1.82, 2.24) is 29.1 Å². The van der Waals surface area contributed by atoms with E-state index in [-0.39, 0.29) is 0 Å². The summed E-state index contributed by atoms with van der Waals surface area (Å²) in [4.78, 5) is 3.57. The third-order valence-corrected chi connectivity index (χ3v) is 9.07. The van der Waals surface area contributed by atoms with Crippen LogP contribution in [0.5, 0.6) is 0 Å². The normalized spacial score (nSPS) is 11.2. The van der Waals surface area contributed by atoms with E-state index in [1.807, 2.05) is 32.4 Å². The molecule has 198 valence electrons.